The molecule has 0 radical (unpaired) electrons. The zero-order valence-corrected chi connectivity index (χ0v) is 23.9. The molecular weight excluding hydrogens is 476 g/mol. The molecule has 3 rings (SSSR count). The lowest BCUT2D eigenvalue weighted by atomic mass is 9.72. The summed E-state index contributed by atoms with van der Waals surface area (Å²) >= 11 is 1.59. The SMILES string of the molecule is CC(=Cc1csc(C)n1)[C@@H]1C[C@@H]2O[C@]2(C)CCC[C@H](C)[C@H](O)[C@@H](C)C(=O)C(C)(C)[C@@H](O)CC(=O)N1C. The number of hydrogen-bond donors (Lipinski definition) is 2. The summed E-state index contributed by atoms with van der Waals surface area (Å²) in [6.45, 7) is 13.1. The largest absolute Gasteiger partial charge is 0.392 e. The molecular formula is C28H44N2O5S. The van der Waals surface area contributed by atoms with Crippen LogP contribution in [0, 0.1) is 24.2 Å². The Morgan fingerprint density at radius 1 is 1.25 bits per heavy atom. The number of nitrogens with zero attached hydrogens (tertiary/aromatic N) is 2. The van der Waals surface area contributed by atoms with Gasteiger partial charge in [-0.05, 0) is 51.2 Å². The van der Waals surface area contributed by atoms with Crippen molar-refractivity contribution in [2.45, 2.75) is 111 Å². The number of ether oxygens (including phenoxy) is 1. The first-order valence-electron chi connectivity index (χ1n) is 13.1. The van der Waals surface area contributed by atoms with Gasteiger partial charge in [0, 0.05) is 24.8 Å². The van der Waals surface area contributed by atoms with E-state index in [0.29, 0.717) is 6.42 Å². The molecule has 2 aliphatic heterocycles. The van der Waals surface area contributed by atoms with Gasteiger partial charge in [0.25, 0.3) is 0 Å². The van der Waals surface area contributed by atoms with Crippen molar-refractivity contribution in [1.82, 2.24) is 9.88 Å². The van der Waals surface area contributed by atoms with Crippen molar-refractivity contribution in [2.75, 3.05) is 7.05 Å². The van der Waals surface area contributed by atoms with Crippen LogP contribution in [0.1, 0.15) is 84.3 Å². The van der Waals surface area contributed by atoms with Crippen LogP contribution in [0.4, 0.5) is 0 Å². The number of rotatable bonds is 2. The van der Waals surface area contributed by atoms with Crippen molar-refractivity contribution < 1.29 is 24.5 Å². The van der Waals surface area contributed by atoms with Gasteiger partial charge in [0.15, 0.2) is 0 Å². The van der Waals surface area contributed by atoms with Crippen LogP contribution in [0.5, 0.6) is 0 Å². The van der Waals surface area contributed by atoms with Crippen molar-refractivity contribution in [2.24, 2.45) is 17.3 Å². The van der Waals surface area contributed by atoms with Gasteiger partial charge in [-0.3, -0.25) is 9.59 Å². The molecule has 1 amide bonds. The van der Waals surface area contributed by atoms with E-state index in [0.717, 1.165) is 35.5 Å². The number of Topliss-reactive ketones (excluding diaryl/α,β-unsaturated/α-hetero) is 1. The molecule has 36 heavy (non-hydrogen) atoms. The molecule has 0 aliphatic carbocycles. The van der Waals surface area contributed by atoms with Gasteiger partial charge in [-0.2, -0.15) is 0 Å². The summed E-state index contributed by atoms with van der Waals surface area (Å²) in [5, 5.41) is 24.9. The van der Waals surface area contributed by atoms with Gasteiger partial charge in [-0.25, -0.2) is 4.98 Å². The van der Waals surface area contributed by atoms with E-state index < -0.39 is 23.5 Å². The predicted octanol–water partition coefficient (Wildman–Crippen LogP) is 4.39. The molecule has 2 N–H and O–H groups in total. The van der Waals surface area contributed by atoms with E-state index in [9.17, 15) is 19.8 Å². The summed E-state index contributed by atoms with van der Waals surface area (Å²) < 4.78 is 6.16. The number of aryl methyl sites for hydroxylation is 1. The monoisotopic (exact) mass is 520 g/mol. The quantitative estimate of drug-likeness (QED) is 0.561. The van der Waals surface area contributed by atoms with Crippen LogP contribution in [0.2, 0.25) is 0 Å². The maximum absolute atomic E-state index is 13.4. The van der Waals surface area contributed by atoms with Crippen LogP contribution in [0.3, 0.4) is 0 Å². The molecule has 3 heterocycles. The number of aromatic nitrogens is 1. The Balaban J connectivity index is 1.91. The first-order chi connectivity index (χ1) is 16.7. The molecule has 2 fully saturated rings. The second-order valence-corrected chi connectivity index (χ2v) is 12.9. The van der Waals surface area contributed by atoms with Crippen LogP contribution in [0.15, 0.2) is 11.0 Å². The predicted molar refractivity (Wildman–Crippen MR) is 143 cm³/mol. The van der Waals surface area contributed by atoms with E-state index in [-0.39, 0.29) is 41.8 Å². The fourth-order valence-electron chi connectivity index (χ4n) is 5.52. The van der Waals surface area contributed by atoms with Crippen molar-refractivity contribution in [1.29, 1.82) is 0 Å². The minimum Gasteiger partial charge on any atom is -0.392 e. The fraction of sp³-hybridized carbons (Fsp3) is 0.750. The average molecular weight is 521 g/mol. The number of carbonyl (C=O) groups excluding carboxylic acids is 2. The zero-order valence-electron chi connectivity index (χ0n) is 23.1. The first kappa shape index (κ1) is 29.0. The average Bonchev–Trinajstić information content (AvgIpc) is 3.27. The zero-order chi connectivity index (χ0) is 27.0. The Morgan fingerprint density at radius 2 is 1.92 bits per heavy atom. The molecule has 1 aromatic rings. The highest BCUT2D eigenvalue weighted by molar-refractivity contribution is 7.09. The van der Waals surface area contributed by atoms with Crippen molar-refractivity contribution in [3.05, 3.63) is 21.7 Å². The maximum atomic E-state index is 13.4. The van der Waals surface area contributed by atoms with Crippen LogP contribution >= 0.6 is 11.3 Å². The van der Waals surface area contributed by atoms with Gasteiger partial charge in [0.2, 0.25) is 5.91 Å². The molecule has 0 saturated carbocycles. The Morgan fingerprint density at radius 3 is 2.53 bits per heavy atom. The second-order valence-electron chi connectivity index (χ2n) is 11.8. The van der Waals surface area contributed by atoms with Gasteiger partial charge >= 0.3 is 0 Å². The Labute approximate surface area is 219 Å². The number of fused-ring (bicyclic) bond motifs is 1. The number of aliphatic hydroxyl groups excluding tert-OH is 2. The number of aliphatic hydroxyl groups is 2. The molecule has 202 valence electrons. The molecule has 0 bridgehead atoms. The summed E-state index contributed by atoms with van der Waals surface area (Å²) in [5.41, 5.74) is 0.454. The van der Waals surface area contributed by atoms with E-state index in [2.05, 4.69) is 11.9 Å². The summed E-state index contributed by atoms with van der Waals surface area (Å²) in [6.07, 6.45) is 3.09. The molecule has 1 aromatic heterocycles. The van der Waals surface area contributed by atoms with Gasteiger partial charge in [0.05, 0.1) is 52.5 Å². The molecule has 2 saturated heterocycles. The number of likely N-dealkylation sites (N-methyl/N-ethyl adjacent to an activating group) is 1. The van der Waals surface area contributed by atoms with Crippen LogP contribution in [-0.4, -0.2) is 68.8 Å². The summed E-state index contributed by atoms with van der Waals surface area (Å²) in [6, 6.07) is -0.218. The van der Waals surface area contributed by atoms with E-state index in [4.69, 9.17) is 4.74 Å². The third kappa shape index (κ3) is 6.26. The van der Waals surface area contributed by atoms with Crippen LogP contribution in [0.25, 0.3) is 6.08 Å². The van der Waals surface area contributed by atoms with Crippen LogP contribution < -0.4 is 0 Å². The first-order valence-corrected chi connectivity index (χ1v) is 14.0. The third-order valence-corrected chi connectivity index (χ3v) is 9.34. The maximum Gasteiger partial charge on any atom is 0.225 e. The van der Waals surface area contributed by atoms with Gasteiger partial charge in [-0.1, -0.05) is 34.1 Å². The Bertz CT molecular complexity index is 988. The smallest absolute Gasteiger partial charge is 0.225 e. The van der Waals surface area contributed by atoms with E-state index in [1.807, 2.05) is 32.2 Å². The minimum atomic E-state index is -1.16. The Hall–Kier alpha value is -1.61. The number of hydrogen-bond acceptors (Lipinski definition) is 7. The van der Waals surface area contributed by atoms with Crippen molar-refractivity contribution in [3.8, 4) is 0 Å². The van der Waals surface area contributed by atoms with Crippen molar-refractivity contribution in [3.63, 3.8) is 0 Å². The third-order valence-electron chi connectivity index (χ3n) is 8.55. The lowest BCUT2D eigenvalue weighted by Crippen LogP contribution is -2.47. The molecule has 0 spiro atoms. The molecule has 7 nitrogen and oxygen atoms in total. The Kier molecular flexibility index (Phi) is 8.86. The number of carbonyl (C=O) groups is 2. The number of thiazole rings is 1. The highest BCUT2D eigenvalue weighted by Crippen LogP contribution is 2.45. The van der Waals surface area contributed by atoms with E-state index in [1.54, 1.807) is 44.1 Å². The molecule has 7 atom stereocenters. The fourth-order valence-corrected chi connectivity index (χ4v) is 6.09. The molecule has 0 aromatic carbocycles. The topological polar surface area (TPSA) is 103 Å². The van der Waals surface area contributed by atoms with E-state index in [1.165, 1.54) is 0 Å². The highest BCUT2D eigenvalue weighted by atomic mass is 32.1. The molecule has 2 aliphatic rings. The van der Waals surface area contributed by atoms with Crippen LogP contribution in [-0.2, 0) is 14.3 Å². The summed E-state index contributed by atoms with van der Waals surface area (Å²) in [5.74, 6) is -1.14. The number of ketones is 1. The van der Waals surface area contributed by atoms with Gasteiger partial charge in [0.1, 0.15) is 5.78 Å². The highest BCUT2D eigenvalue weighted by Gasteiger charge is 2.53. The minimum absolute atomic E-state index is 0.0215. The van der Waals surface area contributed by atoms with Crippen molar-refractivity contribution >= 4 is 29.1 Å². The lowest BCUT2D eigenvalue weighted by molar-refractivity contribution is -0.145. The van der Waals surface area contributed by atoms with Gasteiger partial charge < -0.3 is 19.8 Å². The normalized spacial score (nSPS) is 37.1. The second kappa shape index (κ2) is 11.0. The number of amides is 1. The standard InChI is InChI=1S/C28H44N2O5S/c1-16-10-9-11-28(7)23(35-28)13-21(17(2)12-20-15-36-19(4)29-20)30(8)24(32)14-22(31)27(5,6)26(34)18(3)25(16)33/h12,15-16,18,21-23,25,31,33H,9-11,13-14H2,1-8H3/t16-,18+,21-,22-,23-,25-,28+/m0/s1. The van der Waals surface area contributed by atoms with Gasteiger partial charge in [-0.15, -0.1) is 11.3 Å². The lowest BCUT2D eigenvalue weighted by Gasteiger charge is -2.36. The molecule has 8 heteroatoms. The summed E-state index contributed by atoms with van der Waals surface area (Å²) in [7, 11) is 1.76. The molecule has 0 unspecified atom stereocenters. The number of epoxide rings is 1. The van der Waals surface area contributed by atoms with E-state index >= 15 is 0 Å². The summed E-state index contributed by atoms with van der Waals surface area (Å²) in [4.78, 5) is 33.0.